The van der Waals surface area contributed by atoms with E-state index in [1.165, 1.54) is 56.6 Å². The molecule has 4 unspecified atom stereocenters. The minimum absolute atomic E-state index is 0.0897. The predicted molar refractivity (Wildman–Crippen MR) is 220 cm³/mol. The summed E-state index contributed by atoms with van der Waals surface area (Å²) in [5, 5.41) is 6.86. The lowest BCUT2D eigenvalue weighted by Crippen LogP contribution is -2.42. The third-order valence-electron chi connectivity index (χ3n) is 14.2. The first kappa shape index (κ1) is 30.3. The topological polar surface area (TPSA) is 24.4 Å². The summed E-state index contributed by atoms with van der Waals surface area (Å²) in [4.78, 5) is 5.52. The van der Waals surface area contributed by atoms with Crippen LogP contribution in [0.5, 0.6) is 0 Å². The third-order valence-corrected chi connectivity index (χ3v) is 14.2. The van der Waals surface area contributed by atoms with Crippen LogP contribution in [-0.4, -0.2) is 11.9 Å². The van der Waals surface area contributed by atoms with E-state index >= 15 is 0 Å². The minimum Gasteiger partial charge on any atom is -0.343 e. The Morgan fingerprint density at radius 3 is 2.49 bits per heavy atom. The molecule has 0 bridgehead atoms. The summed E-state index contributed by atoms with van der Waals surface area (Å²) in [7, 11) is 0. The van der Waals surface area contributed by atoms with Gasteiger partial charge < -0.3 is 5.32 Å². The Morgan fingerprint density at radius 1 is 0.717 bits per heavy atom. The van der Waals surface area contributed by atoms with E-state index in [2.05, 4.69) is 127 Å². The molecule has 53 heavy (non-hydrogen) atoms. The molecular formula is C51H44N2. The van der Waals surface area contributed by atoms with Crippen LogP contribution in [-0.2, 0) is 18.3 Å². The molecule has 0 aromatic heterocycles. The maximum absolute atomic E-state index is 5.52. The van der Waals surface area contributed by atoms with Crippen molar-refractivity contribution in [1.29, 1.82) is 0 Å². The largest absolute Gasteiger partial charge is 0.343 e. The van der Waals surface area contributed by atoms with E-state index < -0.39 is 0 Å². The molecule has 1 aliphatic heterocycles. The van der Waals surface area contributed by atoms with Gasteiger partial charge in [0.15, 0.2) is 0 Å². The summed E-state index contributed by atoms with van der Waals surface area (Å²) in [5.74, 6) is 1.95. The Hall–Kier alpha value is -5.21. The van der Waals surface area contributed by atoms with E-state index in [9.17, 15) is 0 Å². The fourth-order valence-corrected chi connectivity index (χ4v) is 12.1. The minimum atomic E-state index is -0.132. The van der Waals surface area contributed by atoms with Crippen molar-refractivity contribution in [1.82, 2.24) is 5.32 Å². The Kier molecular flexibility index (Phi) is 6.51. The number of hydrogen-bond donors (Lipinski definition) is 1. The van der Waals surface area contributed by atoms with Gasteiger partial charge in [0.1, 0.15) is 5.84 Å². The van der Waals surface area contributed by atoms with Crippen molar-refractivity contribution in [2.75, 3.05) is 0 Å². The number of nitrogens with one attached hydrogen (secondary N) is 1. The summed E-state index contributed by atoms with van der Waals surface area (Å²) in [5.41, 5.74) is 21.3. The average Bonchev–Trinajstić information content (AvgIpc) is 3.69. The Morgan fingerprint density at radius 2 is 1.57 bits per heavy atom. The van der Waals surface area contributed by atoms with Gasteiger partial charge in [0.05, 0.1) is 6.04 Å². The quantitative estimate of drug-likeness (QED) is 0.285. The van der Waals surface area contributed by atoms with E-state index in [0.29, 0.717) is 11.8 Å². The van der Waals surface area contributed by atoms with Gasteiger partial charge in [-0.25, -0.2) is 0 Å². The molecule has 0 saturated heterocycles. The van der Waals surface area contributed by atoms with Crippen molar-refractivity contribution in [2.24, 2.45) is 16.8 Å². The molecule has 2 heteroatoms. The number of rotatable bonds is 2. The molecule has 0 amide bonds. The second kappa shape index (κ2) is 11.4. The molecule has 4 atom stereocenters. The predicted octanol–water partition coefficient (Wildman–Crippen LogP) is 11.5. The molecule has 9 aliphatic rings. The zero-order valence-corrected chi connectivity index (χ0v) is 30.3. The van der Waals surface area contributed by atoms with Crippen LogP contribution in [0.2, 0.25) is 0 Å². The fraction of sp³-hybridized carbons (Fsp3) is 0.275. The van der Waals surface area contributed by atoms with Crippen LogP contribution in [0.3, 0.4) is 0 Å². The molecule has 0 saturated carbocycles. The zero-order valence-electron chi connectivity index (χ0n) is 30.3. The van der Waals surface area contributed by atoms with Crippen molar-refractivity contribution in [2.45, 2.75) is 75.7 Å². The lowest BCUT2D eigenvalue weighted by atomic mass is 9.59. The summed E-state index contributed by atoms with van der Waals surface area (Å²) in [6.07, 6.45) is 39.6. The monoisotopic (exact) mass is 684 g/mol. The second-order valence-electron chi connectivity index (χ2n) is 16.5. The molecule has 12 rings (SSSR count). The number of allylic oxidation sites excluding steroid dienone is 14. The van der Waals surface area contributed by atoms with Crippen LogP contribution in [0.4, 0.5) is 0 Å². The highest BCUT2D eigenvalue weighted by Gasteiger charge is 2.59. The molecule has 1 N–H and O–H groups in total. The Labute approximate surface area is 312 Å². The van der Waals surface area contributed by atoms with Crippen LogP contribution < -0.4 is 5.32 Å². The first-order valence-electron chi connectivity index (χ1n) is 20.3. The molecule has 0 fully saturated rings. The Bertz CT molecular complexity index is 2550. The maximum atomic E-state index is 5.52. The number of benzene rings is 3. The summed E-state index contributed by atoms with van der Waals surface area (Å²) < 4.78 is 0. The van der Waals surface area contributed by atoms with Gasteiger partial charge >= 0.3 is 0 Å². The molecule has 1 spiro atoms. The zero-order chi connectivity index (χ0) is 34.7. The molecule has 3 aromatic rings. The summed E-state index contributed by atoms with van der Waals surface area (Å²) in [6, 6.07) is 18.8. The molecule has 8 aliphatic carbocycles. The van der Waals surface area contributed by atoms with E-state index in [1.54, 1.807) is 44.6 Å². The van der Waals surface area contributed by atoms with Crippen molar-refractivity contribution >= 4 is 34.3 Å². The van der Waals surface area contributed by atoms with Gasteiger partial charge in [-0.1, -0.05) is 121 Å². The van der Waals surface area contributed by atoms with Gasteiger partial charge in [0.25, 0.3) is 0 Å². The smallest absolute Gasteiger partial charge is 0.105 e. The van der Waals surface area contributed by atoms with Crippen LogP contribution >= 0.6 is 0 Å². The highest BCUT2D eigenvalue weighted by atomic mass is 15.1. The molecule has 2 nitrogen and oxygen atoms in total. The Balaban J connectivity index is 1.02. The molecular weight excluding hydrogens is 641 g/mol. The van der Waals surface area contributed by atoms with Crippen molar-refractivity contribution in [3.05, 3.63) is 182 Å². The number of hydrogen-bond acceptors (Lipinski definition) is 2. The average molecular weight is 685 g/mol. The number of aliphatic imine (C=N–C) groups is 1. The van der Waals surface area contributed by atoms with Crippen molar-refractivity contribution in [3.8, 4) is 0 Å². The second-order valence-corrected chi connectivity index (χ2v) is 16.5. The summed E-state index contributed by atoms with van der Waals surface area (Å²) in [6.45, 7) is 0. The summed E-state index contributed by atoms with van der Waals surface area (Å²) >= 11 is 0. The molecule has 0 radical (unpaired) electrons. The number of amidine groups is 1. The normalized spacial score (nSPS) is 28.5. The highest BCUT2D eigenvalue weighted by Crippen LogP contribution is 2.68. The van der Waals surface area contributed by atoms with Crippen molar-refractivity contribution < 1.29 is 0 Å². The van der Waals surface area contributed by atoms with Crippen LogP contribution in [0.1, 0.15) is 84.7 Å². The molecule has 258 valence electrons. The highest BCUT2D eigenvalue weighted by molar-refractivity contribution is 6.05. The van der Waals surface area contributed by atoms with Gasteiger partial charge in [-0.2, -0.15) is 0 Å². The lowest BCUT2D eigenvalue weighted by molar-refractivity contribution is 0.428. The van der Waals surface area contributed by atoms with Gasteiger partial charge in [0.2, 0.25) is 0 Å². The van der Waals surface area contributed by atoms with Gasteiger partial charge in [-0.05, 0) is 142 Å². The van der Waals surface area contributed by atoms with E-state index in [-0.39, 0.29) is 11.5 Å². The molecule has 3 aromatic carbocycles. The van der Waals surface area contributed by atoms with E-state index in [1.807, 2.05) is 0 Å². The van der Waals surface area contributed by atoms with Gasteiger partial charge in [0, 0.05) is 28.5 Å². The lowest BCUT2D eigenvalue weighted by Gasteiger charge is -2.43. The van der Waals surface area contributed by atoms with Crippen LogP contribution in [0.15, 0.2) is 153 Å². The van der Waals surface area contributed by atoms with Crippen LogP contribution in [0.25, 0.3) is 28.5 Å². The fourth-order valence-electron chi connectivity index (χ4n) is 12.1. The van der Waals surface area contributed by atoms with E-state index in [4.69, 9.17) is 4.99 Å². The van der Waals surface area contributed by atoms with Crippen LogP contribution in [0, 0.1) is 11.8 Å². The number of nitrogens with zero attached hydrogens (tertiary/aromatic N) is 1. The van der Waals surface area contributed by atoms with E-state index in [0.717, 1.165) is 57.8 Å². The third kappa shape index (κ3) is 4.13. The molecule has 1 heterocycles. The SMILES string of the molecule is C1=CCCC(C2=C3C=CC=CC3N=C(C3CCC4=C(C3)C3(C5=C4CCC=C5)c4ccccc4C4=Cc5c(c6c(c7ccccc57)C=CCC6)CC43)N2)=C1. The first-order chi connectivity index (χ1) is 26.3. The standard InChI is InChI=1S/C51H44N2/c1-2-14-31(15-3-1)49-40-22-10-13-25-48(40)52-50(53-49)32-26-27-39-37-20-8-11-23-44(37)51(46(39)28-32)45-24-12-9-21-38(45)43-29-41-35-18-6-4-16-33(35)34-17-5-7-19-36(34)42(41)30-47(43)51/h1-2,4-6,9-14,16-18,21-25,29,32,47-48H,3,7-8,15,19-20,26-28,30H2,(H,52,53). The number of fused-ring (bicyclic) bond motifs is 15. The maximum Gasteiger partial charge on any atom is 0.105 e. The van der Waals surface area contributed by atoms with Crippen molar-refractivity contribution in [3.63, 3.8) is 0 Å². The first-order valence-corrected chi connectivity index (χ1v) is 20.3. The van der Waals surface area contributed by atoms with Gasteiger partial charge in [-0.15, -0.1) is 0 Å². The van der Waals surface area contributed by atoms with Gasteiger partial charge in [-0.3, -0.25) is 4.99 Å².